The highest BCUT2D eigenvalue weighted by Crippen LogP contribution is 2.20. The fraction of sp³-hybridized carbons (Fsp3) is 0.182. The van der Waals surface area contributed by atoms with Crippen LogP contribution in [0.2, 0.25) is 0 Å². The summed E-state index contributed by atoms with van der Waals surface area (Å²) in [5, 5.41) is 6.09. The summed E-state index contributed by atoms with van der Waals surface area (Å²) in [5.41, 5.74) is 3.26. The van der Waals surface area contributed by atoms with Crippen LogP contribution in [0.3, 0.4) is 0 Å². The second kappa shape index (κ2) is 8.36. The highest BCUT2D eigenvalue weighted by atomic mass is 16.5. The van der Waals surface area contributed by atoms with E-state index in [-0.39, 0.29) is 12.0 Å². The van der Waals surface area contributed by atoms with Gasteiger partial charge in [0.25, 0.3) is 5.91 Å². The Morgan fingerprint density at radius 3 is 2.41 bits per heavy atom. The number of hydrogen-bond donors (Lipinski definition) is 2. The summed E-state index contributed by atoms with van der Waals surface area (Å²) in [7, 11) is 0. The minimum absolute atomic E-state index is 0.143. The standard InChI is InChI=1S/C22H23N3O2/c1-15(2)27-20-10-8-18(9-11-20)24-21-12-7-17(14-23-21)22(26)25-19-6-4-5-16(3)13-19/h4-15H,1-3H3,(H,23,24)(H,25,26). The molecule has 0 unspecified atom stereocenters. The van der Waals surface area contributed by atoms with E-state index in [1.165, 1.54) is 0 Å². The number of ether oxygens (including phenoxy) is 1. The predicted octanol–water partition coefficient (Wildman–Crippen LogP) is 5.17. The van der Waals surface area contributed by atoms with Crippen molar-refractivity contribution in [2.24, 2.45) is 0 Å². The molecule has 1 heterocycles. The first-order valence-corrected chi connectivity index (χ1v) is 8.87. The smallest absolute Gasteiger partial charge is 0.257 e. The van der Waals surface area contributed by atoms with Gasteiger partial charge in [0.1, 0.15) is 11.6 Å². The fourth-order valence-electron chi connectivity index (χ4n) is 2.57. The second-order valence-corrected chi connectivity index (χ2v) is 6.57. The molecule has 2 aromatic carbocycles. The van der Waals surface area contributed by atoms with Gasteiger partial charge < -0.3 is 15.4 Å². The number of nitrogens with zero attached hydrogens (tertiary/aromatic N) is 1. The number of amides is 1. The van der Waals surface area contributed by atoms with Crippen LogP contribution >= 0.6 is 0 Å². The van der Waals surface area contributed by atoms with Crippen LogP contribution in [-0.4, -0.2) is 17.0 Å². The van der Waals surface area contributed by atoms with Crippen LogP contribution in [0.4, 0.5) is 17.2 Å². The van der Waals surface area contributed by atoms with Crippen molar-refractivity contribution < 1.29 is 9.53 Å². The minimum Gasteiger partial charge on any atom is -0.491 e. The summed E-state index contributed by atoms with van der Waals surface area (Å²) in [6.45, 7) is 5.97. The van der Waals surface area contributed by atoms with Gasteiger partial charge in [-0.15, -0.1) is 0 Å². The number of aryl methyl sites for hydroxylation is 1. The molecule has 0 aliphatic carbocycles. The van der Waals surface area contributed by atoms with E-state index in [0.717, 1.165) is 22.7 Å². The van der Waals surface area contributed by atoms with Gasteiger partial charge in [-0.05, 0) is 74.9 Å². The third kappa shape index (κ3) is 5.31. The van der Waals surface area contributed by atoms with Gasteiger partial charge in [0, 0.05) is 17.6 Å². The summed E-state index contributed by atoms with van der Waals surface area (Å²) < 4.78 is 5.63. The third-order valence-electron chi connectivity index (χ3n) is 3.80. The molecular weight excluding hydrogens is 338 g/mol. The first-order chi connectivity index (χ1) is 13.0. The lowest BCUT2D eigenvalue weighted by molar-refractivity contribution is 0.102. The molecule has 0 saturated heterocycles. The predicted molar refractivity (Wildman–Crippen MR) is 109 cm³/mol. The third-order valence-corrected chi connectivity index (χ3v) is 3.80. The molecule has 27 heavy (non-hydrogen) atoms. The molecular formula is C22H23N3O2. The first kappa shape index (κ1) is 18.5. The molecule has 0 radical (unpaired) electrons. The molecule has 3 aromatic rings. The van der Waals surface area contributed by atoms with Crippen LogP contribution in [0.5, 0.6) is 5.75 Å². The van der Waals surface area contributed by atoms with Crippen LogP contribution in [0.25, 0.3) is 0 Å². The van der Waals surface area contributed by atoms with Gasteiger partial charge >= 0.3 is 0 Å². The van der Waals surface area contributed by atoms with Gasteiger partial charge in [0.15, 0.2) is 0 Å². The van der Waals surface area contributed by atoms with E-state index in [9.17, 15) is 4.79 Å². The van der Waals surface area contributed by atoms with Crippen molar-refractivity contribution in [3.05, 3.63) is 78.0 Å². The van der Waals surface area contributed by atoms with Gasteiger partial charge in [-0.3, -0.25) is 4.79 Å². The zero-order valence-corrected chi connectivity index (χ0v) is 15.7. The molecule has 5 nitrogen and oxygen atoms in total. The Hall–Kier alpha value is -3.34. The number of hydrogen-bond acceptors (Lipinski definition) is 4. The van der Waals surface area contributed by atoms with Crippen molar-refractivity contribution in [3.8, 4) is 5.75 Å². The van der Waals surface area contributed by atoms with E-state index in [1.54, 1.807) is 18.3 Å². The summed E-state index contributed by atoms with van der Waals surface area (Å²) in [6.07, 6.45) is 1.70. The maximum Gasteiger partial charge on any atom is 0.257 e. The molecule has 0 saturated carbocycles. The van der Waals surface area contributed by atoms with Crippen LogP contribution < -0.4 is 15.4 Å². The Kier molecular flexibility index (Phi) is 5.71. The number of rotatable bonds is 6. The van der Waals surface area contributed by atoms with E-state index in [2.05, 4.69) is 15.6 Å². The summed E-state index contributed by atoms with van der Waals surface area (Å²) in [5.74, 6) is 1.31. The Bertz CT molecular complexity index is 904. The van der Waals surface area contributed by atoms with Gasteiger partial charge in [-0.2, -0.15) is 0 Å². The number of carbonyl (C=O) groups is 1. The molecule has 0 atom stereocenters. The molecule has 0 spiro atoms. The Labute approximate surface area is 159 Å². The SMILES string of the molecule is Cc1cccc(NC(=O)c2ccc(Nc3ccc(OC(C)C)cc3)nc2)c1. The van der Waals surface area contributed by atoms with Gasteiger partial charge in [-0.25, -0.2) is 4.98 Å². The van der Waals surface area contributed by atoms with Crippen molar-refractivity contribution in [2.75, 3.05) is 10.6 Å². The van der Waals surface area contributed by atoms with Crippen molar-refractivity contribution >= 4 is 23.1 Å². The average molecular weight is 361 g/mol. The molecule has 0 fully saturated rings. The molecule has 2 N–H and O–H groups in total. The van der Waals surface area contributed by atoms with Crippen LogP contribution in [-0.2, 0) is 0 Å². The van der Waals surface area contributed by atoms with E-state index >= 15 is 0 Å². The maximum absolute atomic E-state index is 12.3. The molecule has 138 valence electrons. The maximum atomic E-state index is 12.3. The second-order valence-electron chi connectivity index (χ2n) is 6.57. The lowest BCUT2D eigenvalue weighted by Gasteiger charge is -2.11. The highest BCUT2D eigenvalue weighted by molar-refractivity contribution is 6.04. The summed E-state index contributed by atoms with van der Waals surface area (Å²) >= 11 is 0. The minimum atomic E-state index is -0.185. The van der Waals surface area contributed by atoms with E-state index in [4.69, 9.17) is 4.74 Å². The molecule has 1 amide bonds. The largest absolute Gasteiger partial charge is 0.491 e. The van der Waals surface area contributed by atoms with Crippen molar-refractivity contribution in [2.45, 2.75) is 26.9 Å². The normalized spacial score (nSPS) is 10.5. The van der Waals surface area contributed by atoms with E-state index in [0.29, 0.717) is 11.4 Å². The van der Waals surface area contributed by atoms with Gasteiger partial charge in [-0.1, -0.05) is 12.1 Å². The quantitative estimate of drug-likeness (QED) is 0.635. The zero-order valence-electron chi connectivity index (χ0n) is 15.7. The molecule has 1 aromatic heterocycles. The number of anilines is 3. The summed E-state index contributed by atoms with van der Waals surface area (Å²) in [6, 6.07) is 18.9. The monoisotopic (exact) mass is 361 g/mol. The molecule has 0 aliphatic heterocycles. The Morgan fingerprint density at radius 1 is 1.00 bits per heavy atom. The van der Waals surface area contributed by atoms with Crippen LogP contribution in [0.15, 0.2) is 66.9 Å². The molecule has 0 bridgehead atoms. The Balaban J connectivity index is 1.62. The summed E-state index contributed by atoms with van der Waals surface area (Å²) in [4.78, 5) is 16.7. The van der Waals surface area contributed by atoms with E-state index < -0.39 is 0 Å². The van der Waals surface area contributed by atoms with Crippen LogP contribution in [0, 0.1) is 6.92 Å². The number of benzene rings is 2. The van der Waals surface area contributed by atoms with Crippen molar-refractivity contribution in [1.29, 1.82) is 0 Å². The lowest BCUT2D eigenvalue weighted by atomic mass is 10.2. The first-order valence-electron chi connectivity index (χ1n) is 8.87. The van der Waals surface area contributed by atoms with Gasteiger partial charge in [0.05, 0.1) is 11.7 Å². The van der Waals surface area contributed by atoms with E-state index in [1.807, 2.05) is 69.3 Å². The van der Waals surface area contributed by atoms with Crippen LogP contribution in [0.1, 0.15) is 29.8 Å². The van der Waals surface area contributed by atoms with Gasteiger partial charge in [0.2, 0.25) is 0 Å². The zero-order chi connectivity index (χ0) is 19.2. The number of pyridine rings is 1. The topological polar surface area (TPSA) is 63.2 Å². The molecule has 0 aliphatic rings. The Morgan fingerprint density at radius 2 is 1.78 bits per heavy atom. The van der Waals surface area contributed by atoms with Crippen molar-refractivity contribution in [3.63, 3.8) is 0 Å². The number of carbonyl (C=O) groups excluding carboxylic acids is 1. The average Bonchev–Trinajstić information content (AvgIpc) is 2.63. The number of nitrogens with one attached hydrogen (secondary N) is 2. The van der Waals surface area contributed by atoms with Crippen molar-refractivity contribution in [1.82, 2.24) is 4.98 Å². The fourth-order valence-corrected chi connectivity index (χ4v) is 2.57. The highest BCUT2D eigenvalue weighted by Gasteiger charge is 2.07. The lowest BCUT2D eigenvalue weighted by Crippen LogP contribution is -2.12. The molecule has 5 heteroatoms. The molecule has 3 rings (SSSR count). The number of aromatic nitrogens is 1.